The van der Waals surface area contributed by atoms with Gasteiger partial charge < -0.3 is 11.1 Å². The Morgan fingerprint density at radius 2 is 2.50 bits per heavy atom. The van der Waals surface area contributed by atoms with Gasteiger partial charge >= 0.3 is 0 Å². The molecule has 4 nitrogen and oxygen atoms in total. The zero-order chi connectivity index (χ0) is 13.0. The van der Waals surface area contributed by atoms with Crippen LogP contribution in [0.1, 0.15) is 24.6 Å². The van der Waals surface area contributed by atoms with Gasteiger partial charge in [0.2, 0.25) is 5.91 Å². The van der Waals surface area contributed by atoms with Gasteiger partial charge in [0.25, 0.3) is 0 Å². The second-order valence-electron chi connectivity index (χ2n) is 4.96. The van der Waals surface area contributed by atoms with Gasteiger partial charge in [-0.15, -0.1) is 11.3 Å². The highest BCUT2D eigenvalue weighted by molar-refractivity contribution is 7.09. The molecule has 1 aliphatic rings. The van der Waals surface area contributed by atoms with E-state index in [4.69, 9.17) is 5.73 Å². The van der Waals surface area contributed by atoms with Gasteiger partial charge in [-0.25, -0.2) is 0 Å². The number of amides is 1. The molecule has 2 heterocycles. The quantitative estimate of drug-likeness (QED) is 0.861. The Morgan fingerprint density at radius 1 is 1.67 bits per heavy atom. The third-order valence-electron chi connectivity index (χ3n) is 3.44. The molecule has 1 saturated heterocycles. The van der Waals surface area contributed by atoms with Crippen LogP contribution in [0, 0.1) is 0 Å². The van der Waals surface area contributed by atoms with Crippen molar-refractivity contribution in [1.29, 1.82) is 0 Å². The topological polar surface area (TPSA) is 58.4 Å². The summed E-state index contributed by atoms with van der Waals surface area (Å²) >= 11 is 1.67. The summed E-state index contributed by atoms with van der Waals surface area (Å²) in [5.41, 5.74) is 5.92. The average Bonchev–Trinajstić information content (AvgIpc) is 2.83. The fraction of sp³-hybridized carbons (Fsp3) is 0.615. The van der Waals surface area contributed by atoms with Gasteiger partial charge in [0, 0.05) is 23.5 Å². The molecule has 0 saturated carbocycles. The summed E-state index contributed by atoms with van der Waals surface area (Å²) in [5, 5.41) is 4.99. The average molecular weight is 267 g/mol. The maximum absolute atomic E-state index is 11.9. The number of hydrogen-bond donors (Lipinski definition) is 2. The molecule has 100 valence electrons. The predicted molar refractivity (Wildman–Crippen MR) is 74.4 cm³/mol. The van der Waals surface area contributed by atoms with Gasteiger partial charge in [-0.1, -0.05) is 6.07 Å². The molecule has 1 fully saturated rings. The van der Waals surface area contributed by atoms with E-state index >= 15 is 0 Å². The predicted octanol–water partition coefficient (Wildman–Crippen LogP) is 1.18. The number of carbonyl (C=O) groups excluding carboxylic acids is 1. The van der Waals surface area contributed by atoms with Crippen LogP contribution >= 0.6 is 11.3 Å². The van der Waals surface area contributed by atoms with Crippen molar-refractivity contribution >= 4 is 17.2 Å². The molecule has 1 aliphatic heterocycles. The van der Waals surface area contributed by atoms with Crippen LogP contribution in [0.3, 0.4) is 0 Å². The molecular weight excluding hydrogens is 246 g/mol. The van der Waals surface area contributed by atoms with Crippen LogP contribution in [0.5, 0.6) is 0 Å². The van der Waals surface area contributed by atoms with Crippen molar-refractivity contribution in [3.05, 3.63) is 22.4 Å². The summed E-state index contributed by atoms with van der Waals surface area (Å²) in [7, 11) is 0. The van der Waals surface area contributed by atoms with Crippen molar-refractivity contribution in [2.75, 3.05) is 13.1 Å². The molecule has 0 aliphatic carbocycles. The van der Waals surface area contributed by atoms with Crippen LogP contribution in [-0.2, 0) is 11.3 Å². The highest BCUT2D eigenvalue weighted by Gasteiger charge is 2.24. The smallest absolute Gasteiger partial charge is 0.234 e. The lowest BCUT2D eigenvalue weighted by Gasteiger charge is -2.35. The van der Waals surface area contributed by atoms with Gasteiger partial charge in [0.15, 0.2) is 0 Å². The molecule has 18 heavy (non-hydrogen) atoms. The number of nitrogens with two attached hydrogens (primary N) is 1. The first-order chi connectivity index (χ1) is 8.65. The molecule has 1 aromatic rings. The minimum atomic E-state index is 0.103. The normalized spacial score (nSPS) is 25.0. The number of nitrogens with zero attached hydrogens (tertiary/aromatic N) is 1. The Morgan fingerprint density at radius 3 is 3.17 bits per heavy atom. The Hall–Kier alpha value is -0.910. The third kappa shape index (κ3) is 3.80. The molecule has 2 atom stereocenters. The first-order valence-electron chi connectivity index (χ1n) is 6.44. The monoisotopic (exact) mass is 267 g/mol. The molecule has 3 N–H and O–H groups in total. The lowest BCUT2D eigenvalue weighted by molar-refractivity contribution is -0.123. The summed E-state index contributed by atoms with van der Waals surface area (Å²) in [5.74, 6) is 0.103. The van der Waals surface area contributed by atoms with E-state index < -0.39 is 0 Å². The highest BCUT2D eigenvalue weighted by atomic mass is 32.1. The Bertz CT molecular complexity index is 380. The Labute approximate surface area is 112 Å². The van der Waals surface area contributed by atoms with Crippen LogP contribution in [0.25, 0.3) is 0 Å². The van der Waals surface area contributed by atoms with Crippen molar-refractivity contribution in [1.82, 2.24) is 10.2 Å². The van der Waals surface area contributed by atoms with E-state index in [1.54, 1.807) is 11.3 Å². The number of thiophene rings is 1. The van der Waals surface area contributed by atoms with E-state index in [-0.39, 0.29) is 5.91 Å². The van der Waals surface area contributed by atoms with Crippen molar-refractivity contribution in [3.8, 4) is 0 Å². The van der Waals surface area contributed by atoms with E-state index in [1.165, 1.54) is 4.88 Å². The van der Waals surface area contributed by atoms with Gasteiger partial charge in [0.1, 0.15) is 0 Å². The van der Waals surface area contributed by atoms with E-state index in [0.717, 1.165) is 19.4 Å². The van der Waals surface area contributed by atoms with Crippen LogP contribution in [0.15, 0.2) is 17.5 Å². The zero-order valence-corrected chi connectivity index (χ0v) is 11.6. The maximum atomic E-state index is 11.9. The third-order valence-corrected chi connectivity index (χ3v) is 4.32. The van der Waals surface area contributed by atoms with Gasteiger partial charge in [-0.05, 0) is 31.2 Å². The van der Waals surface area contributed by atoms with Gasteiger partial charge in [-0.3, -0.25) is 9.69 Å². The van der Waals surface area contributed by atoms with Crippen molar-refractivity contribution in [2.45, 2.75) is 38.4 Å². The fourth-order valence-electron chi connectivity index (χ4n) is 2.33. The maximum Gasteiger partial charge on any atom is 0.234 e. The standard InChI is InChI=1S/C13H21N3OS/c1-10-7-11(14)4-5-16(10)9-13(17)15-8-12-3-2-6-18-12/h2-3,6,10-11H,4-5,7-9,14H2,1H3,(H,15,17). The Kier molecular flexibility index (Phi) is 4.74. The largest absolute Gasteiger partial charge is 0.350 e. The molecular formula is C13H21N3OS. The molecule has 2 unspecified atom stereocenters. The molecule has 2 rings (SSSR count). The summed E-state index contributed by atoms with van der Waals surface area (Å²) in [4.78, 5) is 15.3. The first-order valence-corrected chi connectivity index (χ1v) is 7.32. The highest BCUT2D eigenvalue weighted by Crippen LogP contribution is 2.15. The second kappa shape index (κ2) is 6.31. The number of hydrogen-bond acceptors (Lipinski definition) is 4. The summed E-state index contributed by atoms with van der Waals surface area (Å²) in [6, 6.07) is 4.74. The van der Waals surface area contributed by atoms with Crippen LogP contribution in [0.4, 0.5) is 0 Å². The zero-order valence-electron chi connectivity index (χ0n) is 10.8. The number of carbonyl (C=O) groups is 1. The summed E-state index contributed by atoms with van der Waals surface area (Å²) in [6.45, 7) is 4.19. The summed E-state index contributed by atoms with van der Waals surface area (Å²) < 4.78 is 0. The number of likely N-dealkylation sites (tertiary alicyclic amines) is 1. The SMILES string of the molecule is CC1CC(N)CCN1CC(=O)NCc1cccs1. The molecule has 0 radical (unpaired) electrons. The number of nitrogens with one attached hydrogen (secondary N) is 1. The van der Waals surface area contributed by atoms with Crippen LogP contribution < -0.4 is 11.1 Å². The van der Waals surface area contributed by atoms with Gasteiger partial charge in [-0.2, -0.15) is 0 Å². The van der Waals surface area contributed by atoms with E-state index in [1.807, 2.05) is 17.5 Å². The summed E-state index contributed by atoms with van der Waals surface area (Å²) in [6.07, 6.45) is 1.97. The van der Waals surface area contributed by atoms with E-state index in [0.29, 0.717) is 25.2 Å². The number of rotatable bonds is 4. The molecule has 1 aromatic heterocycles. The van der Waals surface area contributed by atoms with Gasteiger partial charge in [0.05, 0.1) is 13.1 Å². The van der Waals surface area contributed by atoms with Crippen LogP contribution in [-0.4, -0.2) is 36.0 Å². The lowest BCUT2D eigenvalue weighted by atomic mass is 9.99. The van der Waals surface area contributed by atoms with Crippen molar-refractivity contribution < 1.29 is 4.79 Å². The van der Waals surface area contributed by atoms with E-state index in [2.05, 4.69) is 17.1 Å². The molecule has 0 aromatic carbocycles. The minimum Gasteiger partial charge on any atom is -0.350 e. The lowest BCUT2D eigenvalue weighted by Crippen LogP contribution is -2.49. The number of piperidine rings is 1. The molecule has 5 heteroatoms. The van der Waals surface area contributed by atoms with E-state index in [9.17, 15) is 4.79 Å². The van der Waals surface area contributed by atoms with Crippen molar-refractivity contribution in [3.63, 3.8) is 0 Å². The van der Waals surface area contributed by atoms with Crippen LogP contribution in [0.2, 0.25) is 0 Å². The minimum absolute atomic E-state index is 0.103. The molecule has 0 spiro atoms. The first kappa shape index (κ1) is 13.5. The fourth-order valence-corrected chi connectivity index (χ4v) is 2.98. The van der Waals surface area contributed by atoms with Crippen molar-refractivity contribution in [2.24, 2.45) is 5.73 Å². The second-order valence-corrected chi connectivity index (χ2v) is 5.99. The molecule has 1 amide bonds. The Balaban J connectivity index is 1.73. The molecule has 0 bridgehead atoms.